The zero-order chi connectivity index (χ0) is 16.9. The van der Waals surface area contributed by atoms with Gasteiger partial charge in [-0.15, -0.1) is 0 Å². The molecule has 0 aliphatic rings. The Hall–Kier alpha value is -1.99. The van der Waals surface area contributed by atoms with E-state index < -0.39 is 11.7 Å². The van der Waals surface area contributed by atoms with E-state index in [0.29, 0.717) is 6.61 Å². The fourth-order valence-corrected chi connectivity index (χ4v) is 1.82. The van der Waals surface area contributed by atoms with Crippen LogP contribution in [-0.4, -0.2) is 30.5 Å². The Morgan fingerprint density at radius 1 is 1.41 bits per heavy atom. The number of methoxy groups -OCH3 is 1. The summed E-state index contributed by atoms with van der Waals surface area (Å²) in [7, 11) is 1.43. The molecule has 22 heavy (non-hydrogen) atoms. The number of phenols is 1. The number of aromatic hydroxyl groups is 1. The molecular weight excluding hydrogens is 288 g/mol. The van der Waals surface area contributed by atoms with E-state index >= 15 is 0 Å². The SMILES string of the molecule is COc1cc(C(C)CON)cc(NC(=O)OC(C)(C)C)c1O. The molecule has 0 aliphatic heterocycles. The molecule has 0 aliphatic carbocycles. The molecule has 0 fully saturated rings. The molecule has 0 bridgehead atoms. The van der Waals surface area contributed by atoms with Gasteiger partial charge in [0.1, 0.15) is 5.60 Å². The molecule has 0 saturated carbocycles. The van der Waals surface area contributed by atoms with E-state index in [1.54, 1.807) is 32.9 Å². The summed E-state index contributed by atoms with van der Waals surface area (Å²) >= 11 is 0. The first-order valence-corrected chi connectivity index (χ1v) is 6.90. The number of ether oxygens (including phenoxy) is 2. The number of anilines is 1. The van der Waals surface area contributed by atoms with Crippen molar-refractivity contribution in [1.29, 1.82) is 0 Å². The molecule has 124 valence electrons. The first-order chi connectivity index (χ1) is 10.2. The summed E-state index contributed by atoms with van der Waals surface area (Å²) in [5.41, 5.74) is 0.362. The highest BCUT2D eigenvalue weighted by Gasteiger charge is 2.20. The fraction of sp³-hybridized carbons (Fsp3) is 0.533. The third kappa shape index (κ3) is 5.09. The molecule has 1 aromatic carbocycles. The van der Waals surface area contributed by atoms with Gasteiger partial charge in [0.15, 0.2) is 11.5 Å². The van der Waals surface area contributed by atoms with Crippen molar-refractivity contribution in [2.24, 2.45) is 5.90 Å². The molecule has 1 atom stereocenters. The number of benzene rings is 1. The van der Waals surface area contributed by atoms with Gasteiger partial charge in [-0.05, 0) is 38.5 Å². The maximum atomic E-state index is 11.9. The summed E-state index contributed by atoms with van der Waals surface area (Å²) in [4.78, 5) is 16.5. The third-order valence-corrected chi connectivity index (χ3v) is 2.87. The molecule has 7 nitrogen and oxygen atoms in total. The number of phenolic OH excluding ortho intramolecular Hbond substituents is 1. The van der Waals surface area contributed by atoms with Crippen LogP contribution in [0.15, 0.2) is 12.1 Å². The van der Waals surface area contributed by atoms with Gasteiger partial charge in [0.25, 0.3) is 0 Å². The van der Waals surface area contributed by atoms with Crippen LogP contribution in [0.1, 0.15) is 39.2 Å². The largest absolute Gasteiger partial charge is 0.503 e. The van der Waals surface area contributed by atoms with Crippen molar-refractivity contribution < 1.29 is 24.2 Å². The Labute approximate surface area is 130 Å². The maximum absolute atomic E-state index is 11.9. The van der Waals surface area contributed by atoms with Crippen LogP contribution in [0.2, 0.25) is 0 Å². The molecule has 0 spiro atoms. The van der Waals surface area contributed by atoms with Crippen LogP contribution in [0.25, 0.3) is 0 Å². The summed E-state index contributed by atoms with van der Waals surface area (Å²) in [6, 6.07) is 3.30. The van der Waals surface area contributed by atoms with Gasteiger partial charge in [-0.3, -0.25) is 5.32 Å². The second-order valence-electron chi connectivity index (χ2n) is 5.98. The summed E-state index contributed by atoms with van der Waals surface area (Å²) in [6.45, 7) is 7.45. The Balaban J connectivity index is 3.07. The van der Waals surface area contributed by atoms with Crippen molar-refractivity contribution in [3.05, 3.63) is 17.7 Å². The number of hydrogen-bond acceptors (Lipinski definition) is 6. The molecule has 1 unspecified atom stereocenters. The lowest BCUT2D eigenvalue weighted by Crippen LogP contribution is -2.27. The van der Waals surface area contributed by atoms with Crippen LogP contribution in [-0.2, 0) is 9.57 Å². The van der Waals surface area contributed by atoms with E-state index in [-0.39, 0.29) is 23.1 Å². The smallest absolute Gasteiger partial charge is 0.412 e. The quantitative estimate of drug-likeness (QED) is 0.570. The summed E-state index contributed by atoms with van der Waals surface area (Å²) < 4.78 is 10.3. The number of carbonyl (C=O) groups excluding carboxylic acids is 1. The summed E-state index contributed by atoms with van der Waals surface area (Å²) in [6.07, 6.45) is -0.662. The van der Waals surface area contributed by atoms with Crippen LogP contribution in [0.5, 0.6) is 11.5 Å². The number of carbonyl (C=O) groups is 1. The Morgan fingerprint density at radius 3 is 2.55 bits per heavy atom. The van der Waals surface area contributed by atoms with Crippen molar-refractivity contribution in [2.75, 3.05) is 19.0 Å². The van der Waals surface area contributed by atoms with Gasteiger partial charge in [-0.2, -0.15) is 0 Å². The fourth-order valence-electron chi connectivity index (χ4n) is 1.82. The van der Waals surface area contributed by atoms with Crippen LogP contribution >= 0.6 is 0 Å². The first-order valence-electron chi connectivity index (χ1n) is 6.90. The highest BCUT2D eigenvalue weighted by molar-refractivity contribution is 5.88. The van der Waals surface area contributed by atoms with E-state index in [1.165, 1.54) is 7.11 Å². The first kappa shape index (κ1) is 18.1. The van der Waals surface area contributed by atoms with E-state index in [2.05, 4.69) is 10.2 Å². The van der Waals surface area contributed by atoms with Crippen LogP contribution in [0, 0.1) is 0 Å². The van der Waals surface area contributed by atoms with Crippen LogP contribution < -0.4 is 16.0 Å². The summed E-state index contributed by atoms with van der Waals surface area (Å²) in [5, 5.41) is 12.6. The van der Waals surface area contributed by atoms with Gasteiger partial charge >= 0.3 is 6.09 Å². The Bertz CT molecular complexity index is 525. The lowest BCUT2D eigenvalue weighted by Gasteiger charge is -2.21. The highest BCUT2D eigenvalue weighted by atomic mass is 16.6. The number of amides is 1. The van der Waals surface area contributed by atoms with Gasteiger partial charge in [0.05, 0.1) is 19.4 Å². The van der Waals surface area contributed by atoms with Crippen LogP contribution in [0.3, 0.4) is 0 Å². The number of nitrogens with one attached hydrogen (secondary N) is 1. The van der Waals surface area contributed by atoms with E-state index in [9.17, 15) is 9.90 Å². The topological polar surface area (TPSA) is 103 Å². The van der Waals surface area contributed by atoms with Crippen molar-refractivity contribution in [1.82, 2.24) is 0 Å². The van der Waals surface area contributed by atoms with E-state index in [1.807, 2.05) is 6.92 Å². The molecule has 7 heteroatoms. The molecule has 1 aromatic rings. The number of hydrogen-bond donors (Lipinski definition) is 3. The van der Waals surface area contributed by atoms with Crippen molar-refractivity contribution in [3.63, 3.8) is 0 Å². The molecular formula is C15H24N2O5. The average molecular weight is 312 g/mol. The molecule has 0 aromatic heterocycles. The van der Waals surface area contributed by atoms with Gasteiger partial charge in [-0.1, -0.05) is 6.92 Å². The van der Waals surface area contributed by atoms with Crippen molar-refractivity contribution in [3.8, 4) is 11.5 Å². The van der Waals surface area contributed by atoms with E-state index in [4.69, 9.17) is 15.4 Å². The van der Waals surface area contributed by atoms with Crippen molar-refractivity contribution in [2.45, 2.75) is 39.2 Å². The van der Waals surface area contributed by atoms with Crippen molar-refractivity contribution >= 4 is 11.8 Å². The predicted octanol–water partition coefficient (Wildman–Crippen LogP) is 2.74. The number of nitrogens with two attached hydrogens (primary N) is 1. The average Bonchev–Trinajstić information content (AvgIpc) is 2.39. The zero-order valence-corrected chi connectivity index (χ0v) is 13.6. The lowest BCUT2D eigenvalue weighted by atomic mass is 10.0. The Morgan fingerprint density at radius 2 is 2.05 bits per heavy atom. The number of rotatable bonds is 5. The zero-order valence-electron chi connectivity index (χ0n) is 13.6. The molecule has 0 saturated heterocycles. The molecule has 0 heterocycles. The highest BCUT2D eigenvalue weighted by Crippen LogP contribution is 2.37. The molecule has 1 rings (SSSR count). The second kappa shape index (κ2) is 7.33. The van der Waals surface area contributed by atoms with E-state index in [0.717, 1.165) is 5.56 Å². The Kier molecular flexibility index (Phi) is 6.01. The minimum absolute atomic E-state index is 0.0429. The predicted molar refractivity (Wildman–Crippen MR) is 83.1 cm³/mol. The normalized spacial score (nSPS) is 12.6. The maximum Gasteiger partial charge on any atom is 0.412 e. The standard InChI is InChI=1S/C15H24N2O5/c1-9(8-21-16)10-6-11(13(18)12(7-10)20-5)17-14(19)22-15(2,3)4/h6-7,9,18H,8,16H2,1-5H3,(H,17,19). The van der Waals surface area contributed by atoms with Gasteiger partial charge < -0.3 is 19.4 Å². The summed E-state index contributed by atoms with van der Waals surface area (Å²) in [5.74, 6) is 5.12. The molecule has 4 N–H and O–H groups in total. The molecule has 1 amide bonds. The van der Waals surface area contributed by atoms with Crippen LogP contribution in [0.4, 0.5) is 10.5 Å². The third-order valence-electron chi connectivity index (χ3n) is 2.87. The van der Waals surface area contributed by atoms with Gasteiger partial charge in [0, 0.05) is 5.92 Å². The molecule has 0 radical (unpaired) electrons. The van der Waals surface area contributed by atoms with Gasteiger partial charge in [-0.25, -0.2) is 10.7 Å². The second-order valence-corrected chi connectivity index (χ2v) is 5.98. The van der Waals surface area contributed by atoms with Gasteiger partial charge in [0.2, 0.25) is 0 Å². The minimum Gasteiger partial charge on any atom is -0.503 e. The minimum atomic E-state index is -0.662. The lowest BCUT2D eigenvalue weighted by molar-refractivity contribution is 0.0635. The monoisotopic (exact) mass is 312 g/mol.